The highest BCUT2D eigenvalue weighted by molar-refractivity contribution is 6.31. The smallest absolute Gasteiger partial charge is 0.138 e. The highest BCUT2D eigenvalue weighted by Gasteiger charge is 2.31. The normalized spacial score (nSPS) is 10.3. The Morgan fingerprint density at radius 1 is 0.425 bits per heavy atom. The van der Waals surface area contributed by atoms with E-state index in [1.54, 1.807) is 60.7 Å². The van der Waals surface area contributed by atoms with Crippen LogP contribution in [-0.4, -0.2) is 0 Å². The van der Waals surface area contributed by atoms with E-state index in [-0.39, 0.29) is 5.57 Å². The molecule has 0 saturated carbocycles. The Bertz CT molecular complexity index is 2140. The molecule has 4 aromatic carbocycles. The third-order valence-electron chi connectivity index (χ3n) is 7.27. The molecule has 0 radical (unpaired) electrons. The second-order valence-electron chi connectivity index (χ2n) is 9.15. The summed E-state index contributed by atoms with van der Waals surface area (Å²) in [5.74, 6) is 0. The lowest BCUT2D eigenvalue weighted by atomic mass is 9.94. The van der Waals surface area contributed by atoms with Crippen LogP contribution in [-0.2, 0) is 0 Å². The molecule has 2 aliphatic carbocycles. The lowest BCUT2D eigenvalue weighted by molar-refractivity contribution is 1.47. The molecule has 40 heavy (non-hydrogen) atoms. The van der Waals surface area contributed by atoms with E-state index in [4.69, 9.17) is 0 Å². The van der Waals surface area contributed by atoms with Crippen molar-refractivity contribution in [3.8, 4) is 69.8 Å². The minimum Gasteiger partial charge on any atom is -0.192 e. The molecule has 0 N–H and O–H groups in total. The molecule has 0 spiro atoms. The van der Waals surface area contributed by atoms with Gasteiger partial charge in [0, 0.05) is 27.1 Å². The van der Waals surface area contributed by atoms with Gasteiger partial charge in [-0.05, 0) is 69.4 Å². The van der Waals surface area contributed by atoms with E-state index in [9.17, 15) is 31.6 Å². The van der Waals surface area contributed by atoms with Crippen molar-refractivity contribution in [2.75, 3.05) is 0 Å². The molecule has 0 saturated heterocycles. The lowest BCUT2D eigenvalue weighted by Gasteiger charge is -2.07. The fourth-order valence-electron chi connectivity index (χ4n) is 5.65. The van der Waals surface area contributed by atoms with Crippen molar-refractivity contribution in [2.45, 2.75) is 0 Å². The molecule has 0 unspecified atom stereocenters. The Balaban J connectivity index is 1.95. The quantitative estimate of drug-likeness (QED) is 0.272. The summed E-state index contributed by atoms with van der Waals surface area (Å²) in [6.07, 6.45) is 0. The monoisotopic (exact) mass is 504 g/mol. The first-order valence-electron chi connectivity index (χ1n) is 12.1. The Hall–Kier alpha value is -6.70. The maximum atomic E-state index is 10.1. The van der Waals surface area contributed by atoms with Crippen LogP contribution in [0, 0.1) is 68.0 Å². The Morgan fingerprint density at radius 3 is 1.20 bits per heavy atom. The van der Waals surface area contributed by atoms with Crippen LogP contribution in [0.2, 0.25) is 0 Å². The molecule has 6 nitrogen and oxygen atoms in total. The van der Waals surface area contributed by atoms with Crippen molar-refractivity contribution in [3.05, 3.63) is 100 Å². The number of nitrogens with zero attached hydrogens (tertiary/aromatic N) is 6. The molecule has 0 amide bonds. The van der Waals surface area contributed by atoms with Crippen molar-refractivity contribution >= 4 is 27.1 Å². The largest absolute Gasteiger partial charge is 0.192 e. The van der Waals surface area contributed by atoms with Gasteiger partial charge < -0.3 is 0 Å². The zero-order valence-corrected chi connectivity index (χ0v) is 20.6. The average molecular weight is 505 g/mol. The van der Waals surface area contributed by atoms with Gasteiger partial charge in [0.05, 0.1) is 46.5 Å². The van der Waals surface area contributed by atoms with E-state index in [0.717, 1.165) is 27.3 Å². The molecular weight excluding hydrogens is 492 g/mol. The third kappa shape index (κ3) is 3.16. The fourth-order valence-corrected chi connectivity index (χ4v) is 5.65. The number of fused-ring (bicyclic) bond motifs is 3. The molecule has 0 heterocycles. The van der Waals surface area contributed by atoms with Crippen LogP contribution >= 0.6 is 0 Å². The zero-order chi connectivity index (χ0) is 28.0. The molecule has 0 aliphatic heterocycles. The topological polar surface area (TPSA) is 143 Å². The number of nitriles is 6. The van der Waals surface area contributed by atoms with Gasteiger partial charge in [-0.3, -0.25) is 0 Å². The summed E-state index contributed by atoms with van der Waals surface area (Å²) in [5.41, 5.74) is 5.89. The number of rotatable bonds is 2. The van der Waals surface area contributed by atoms with Gasteiger partial charge in [0.1, 0.15) is 17.7 Å². The summed E-state index contributed by atoms with van der Waals surface area (Å²) in [7, 11) is 0. The minimum atomic E-state index is -0.0757. The van der Waals surface area contributed by atoms with E-state index in [2.05, 4.69) is 36.4 Å². The maximum Gasteiger partial charge on any atom is 0.138 e. The Kier molecular flexibility index (Phi) is 5.33. The summed E-state index contributed by atoms with van der Waals surface area (Å²) in [4.78, 5) is 0. The van der Waals surface area contributed by atoms with Gasteiger partial charge in [0.25, 0.3) is 0 Å². The van der Waals surface area contributed by atoms with Gasteiger partial charge in [-0.1, -0.05) is 36.4 Å². The second kappa shape index (κ2) is 9.00. The first-order chi connectivity index (χ1) is 19.6. The first kappa shape index (κ1) is 23.7. The molecule has 0 aromatic heterocycles. The zero-order valence-electron chi connectivity index (χ0n) is 20.6. The van der Waals surface area contributed by atoms with Gasteiger partial charge in [-0.25, -0.2) is 0 Å². The highest BCUT2D eigenvalue weighted by Crippen LogP contribution is 2.52. The Labute approximate surface area is 228 Å². The third-order valence-corrected chi connectivity index (χ3v) is 7.27. The van der Waals surface area contributed by atoms with Crippen molar-refractivity contribution in [1.29, 1.82) is 31.6 Å². The molecule has 178 valence electrons. The van der Waals surface area contributed by atoms with Crippen LogP contribution in [0.1, 0.15) is 22.3 Å². The second-order valence-corrected chi connectivity index (χ2v) is 9.15. The van der Waals surface area contributed by atoms with Crippen molar-refractivity contribution < 1.29 is 0 Å². The van der Waals surface area contributed by atoms with Crippen LogP contribution in [0.3, 0.4) is 0 Å². The highest BCUT2D eigenvalue weighted by atomic mass is 14.4. The van der Waals surface area contributed by atoms with E-state index < -0.39 is 0 Å². The molecule has 0 bridgehead atoms. The molecule has 6 rings (SSSR count). The van der Waals surface area contributed by atoms with Crippen molar-refractivity contribution in [2.24, 2.45) is 0 Å². The van der Waals surface area contributed by atoms with Gasteiger partial charge in [-0.15, -0.1) is 0 Å². The van der Waals surface area contributed by atoms with Gasteiger partial charge in [0.15, 0.2) is 0 Å². The minimum absolute atomic E-state index is 0.0757. The predicted molar refractivity (Wildman–Crippen MR) is 149 cm³/mol. The first-order valence-corrected chi connectivity index (χ1v) is 12.1. The van der Waals surface area contributed by atoms with E-state index >= 15 is 0 Å². The SMILES string of the molecule is N#CC(C#N)=c1c(-c2ccc(C#N)cc2)c2c3ccc(C#N)c4c(C#N)ccc(c-2c1-c1ccc(C#N)cc1)c34. The summed E-state index contributed by atoms with van der Waals surface area (Å²) < 4.78 is 0. The van der Waals surface area contributed by atoms with Crippen LogP contribution in [0.4, 0.5) is 0 Å². The van der Waals surface area contributed by atoms with Gasteiger partial charge >= 0.3 is 0 Å². The van der Waals surface area contributed by atoms with E-state index in [0.29, 0.717) is 55.1 Å². The van der Waals surface area contributed by atoms with E-state index in [1.807, 2.05) is 12.1 Å². The summed E-state index contributed by atoms with van der Waals surface area (Å²) in [6.45, 7) is 0. The average Bonchev–Trinajstić information content (AvgIpc) is 3.52. The molecular formula is C34H12N6. The van der Waals surface area contributed by atoms with Gasteiger partial charge in [-0.2, -0.15) is 31.6 Å². The lowest BCUT2D eigenvalue weighted by Crippen LogP contribution is -2.09. The number of hydrogen-bond acceptors (Lipinski definition) is 6. The molecule has 0 atom stereocenters. The summed E-state index contributed by atoms with van der Waals surface area (Å²) in [6, 6.07) is 33.7. The Morgan fingerprint density at radius 2 is 0.850 bits per heavy atom. The van der Waals surface area contributed by atoms with Gasteiger partial charge in [0.2, 0.25) is 0 Å². The van der Waals surface area contributed by atoms with Crippen molar-refractivity contribution in [1.82, 2.24) is 0 Å². The van der Waals surface area contributed by atoms with Crippen LogP contribution in [0.25, 0.3) is 60.5 Å². The fraction of sp³-hybridized carbons (Fsp3) is 0. The molecule has 6 heteroatoms. The van der Waals surface area contributed by atoms with E-state index in [1.165, 1.54) is 0 Å². The molecule has 0 fully saturated rings. The summed E-state index contributed by atoms with van der Waals surface area (Å²) >= 11 is 0. The summed E-state index contributed by atoms with van der Waals surface area (Å²) in [5, 5.41) is 62.0. The van der Waals surface area contributed by atoms with Crippen LogP contribution in [0.15, 0.2) is 72.8 Å². The standard InChI is InChI=1S/C34H12N6/c35-13-19-1-5-21(6-2-19)29-31(25(17-39)18-40)30(22-7-3-20(14-36)4-8-22)34-27-12-10-24(16-38)28-23(15-37)9-11-26(32(27)28)33(29)34/h1-12H. The maximum absolute atomic E-state index is 10.1. The van der Waals surface area contributed by atoms with Crippen LogP contribution < -0.4 is 5.22 Å². The predicted octanol–water partition coefficient (Wildman–Crippen LogP) is 6.27. The number of benzene rings is 4. The van der Waals surface area contributed by atoms with Crippen LogP contribution in [0.5, 0.6) is 0 Å². The number of hydrogen-bond donors (Lipinski definition) is 0. The van der Waals surface area contributed by atoms with Crippen molar-refractivity contribution in [3.63, 3.8) is 0 Å². The molecule has 2 aliphatic rings. The molecule has 4 aromatic rings.